The standard InChI is InChI=1S/C16H14N7O/c1-24-14-4-2-12(3-5-14)20-16-21-15-10-17-6-7-23(15,22-16)13-8-18-11-19-9-13/h2-11H,1H3,(H,20,22)/q+1. The molecule has 1 aromatic heterocycles. The molecule has 0 saturated heterocycles. The third-order valence-electron chi connectivity index (χ3n) is 3.67. The van der Waals surface area contributed by atoms with E-state index < -0.39 is 0 Å². The quantitative estimate of drug-likeness (QED) is 0.878. The summed E-state index contributed by atoms with van der Waals surface area (Å²) in [5.74, 6) is 1.94. The van der Waals surface area contributed by atoms with E-state index in [1.807, 2.05) is 30.5 Å². The van der Waals surface area contributed by atoms with Gasteiger partial charge >= 0.3 is 0 Å². The zero-order valence-corrected chi connectivity index (χ0v) is 12.9. The first-order valence-electron chi connectivity index (χ1n) is 7.26. The number of aliphatic imine (C=N–C) groups is 2. The summed E-state index contributed by atoms with van der Waals surface area (Å²) in [6, 6.07) is 7.54. The number of guanidine groups is 1. The highest BCUT2D eigenvalue weighted by Gasteiger charge is 2.43. The molecule has 8 heteroatoms. The van der Waals surface area contributed by atoms with Crippen LogP contribution >= 0.6 is 0 Å². The fourth-order valence-corrected chi connectivity index (χ4v) is 2.48. The van der Waals surface area contributed by atoms with Gasteiger partial charge in [0.05, 0.1) is 25.7 Å². The minimum atomic E-state index is 0.0584. The molecule has 1 unspecified atom stereocenters. The van der Waals surface area contributed by atoms with Crippen molar-refractivity contribution in [3.05, 3.63) is 55.4 Å². The number of ether oxygens (including phenoxy) is 1. The molecule has 0 radical (unpaired) electrons. The van der Waals surface area contributed by atoms with Gasteiger partial charge in [0, 0.05) is 5.69 Å². The van der Waals surface area contributed by atoms with E-state index in [2.05, 4.69) is 25.3 Å². The van der Waals surface area contributed by atoms with E-state index in [9.17, 15) is 0 Å². The molecular formula is C16H14N7O+. The molecule has 2 aliphatic heterocycles. The normalized spacial score (nSPS) is 21.0. The van der Waals surface area contributed by atoms with Gasteiger partial charge in [0.15, 0.2) is 6.20 Å². The Kier molecular flexibility index (Phi) is 3.36. The molecule has 8 nitrogen and oxygen atoms in total. The highest BCUT2D eigenvalue weighted by molar-refractivity contribution is 6.38. The van der Waals surface area contributed by atoms with Crippen LogP contribution in [0, 0.1) is 0 Å². The first-order chi connectivity index (χ1) is 11.8. The van der Waals surface area contributed by atoms with Gasteiger partial charge in [-0.25, -0.2) is 9.97 Å². The largest absolute Gasteiger partial charge is 0.497 e. The third kappa shape index (κ3) is 2.34. The number of aromatic nitrogens is 2. The minimum absolute atomic E-state index is 0.0584. The van der Waals surface area contributed by atoms with Crippen LogP contribution in [0.2, 0.25) is 0 Å². The number of fused-ring (bicyclic) bond motifs is 1. The van der Waals surface area contributed by atoms with E-state index in [0.29, 0.717) is 11.8 Å². The molecule has 0 fully saturated rings. The number of nitrogens with zero attached hydrogens (tertiary/aromatic N) is 6. The van der Waals surface area contributed by atoms with Crippen molar-refractivity contribution in [1.82, 2.24) is 14.6 Å². The van der Waals surface area contributed by atoms with Gasteiger partial charge in [-0.15, -0.1) is 0 Å². The van der Waals surface area contributed by atoms with Gasteiger partial charge in [0.2, 0.25) is 5.69 Å². The SMILES string of the molecule is COc1ccc(NC2=N[N+]3(c4cncnc4)C=CN=CC3=N2)cc1. The van der Waals surface area contributed by atoms with Crippen molar-refractivity contribution in [2.24, 2.45) is 15.1 Å². The van der Waals surface area contributed by atoms with E-state index in [1.165, 1.54) is 6.33 Å². The van der Waals surface area contributed by atoms with Gasteiger partial charge in [0.25, 0.3) is 11.8 Å². The summed E-state index contributed by atoms with van der Waals surface area (Å²) >= 11 is 0. The Morgan fingerprint density at radius 2 is 1.88 bits per heavy atom. The maximum absolute atomic E-state index is 5.16. The third-order valence-corrected chi connectivity index (χ3v) is 3.67. The van der Waals surface area contributed by atoms with Crippen LogP contribution in [0.15, 0.2) is 70.5 Å². The van der Waals surface area contributed by atoms with Crippen LogP contribution in [-0.2, 0) is 0 Å². The molecule has 0 spiro atoms. The second-order valence-corrected chi connectivity index (χ2v) is 5.11. The first kappa shape index (κ1) is 14.2. The summed E-state index contributed by atoms with van der Waals surface area (Å²) < 4.78 is 5.22. The number of hydrogen-bond donors (Lipinski definition) is 1. The van der Waals surface area contributed by atoms with Crippen molar-refractivity contribution in [1.29, 1.82) is 0 Å². The average molecular weight is 320 g/mol. The number of amidine groups is 1. The van der Waals surface area contributed by atoms with Crippen LogP contribution in [0.1, 0.15) is 0 Å². The fraction of sp³-hybridized carbons (Fsp3) is 0.0625. The molecule has 0 saturated carbocycles. The average Bonchev–Trinajstić information content (AvgIpc) is 3.02. The summed E-state index contributed by atoms with van der Waals surface area (Å²) in [6.07, 6.45) is 10.1. The predicted molar refractivity (Wildman–Crippen MR) is 92.9 cm³/mol. The Labute approximate surface area is 138 Å². The molecule has 2 aliphatic rings. The second-order valence-electron chi connectivity index (χ2n) is 5.11. The molecule has 1 aromatic carbocycles. The summed E-state index contributed by atoms with van der Waals surface area (Å²) in [6.45, 7) is 0. The maximum Gasteiger partial charge on any atom is 0.287 e. The highest BCUT2D eigenvalue weighted by atomic mass is 16.5. The lowest BCUT2D eigenvalue weighted by Crippen LogP contribution is -2.44. The van der Waals surface area contributed by atoms with Gasteiger partial charge in [-0.3, -0.25) is 4.99 Å². The Balaban J connectivity index is 1.69. The lowest BCUT2D eigenvalue weighted by Gasteiger charge is -2.22. The van der Waals surface area contributed by atoms with Crippen LogP contribution in [0.5, 0.6) is 5.75 Å². The van der Waals surface area contributed by atoms with Gasteiger partial charge in [-0.05, 0) is 29.4 Å². The van der Waals surface area contributed by atoms with E-state index in [4.69, 9.17) is 9.84 Å². The molecule has 1 atom stereocenters. The summed E-state index contributed by atoms with van der Waals surface area (Å²) in [4.78, 5) is 16.8. The Morgan fingerprint density at radius 3 is 2.62 bits per heavy atom. The van der Waals surface area contributed by atoms with Crippen molar-refractivity contribution in [2.75, 3.05) is 12.4 Å². The molecule has 4 rings (SSSR count). The molecule has 3 heterocycles. The Bertz CT molecular complexity index is 871. The van der Waals surface area contributed by atoms with Gasteiger partial charge in [-0.2, -0.15) is 4.99 Å². The number of anilines is 1. The van der Waals surface area contributed by atoms with E-state index in [1.54, 1.807) is 31.9 Å². The number of nitrogens with one attached hydrogen (secondary N) is 1. The van der Waals surface area contributed by atoms with Crippen LogP contribution in [0.25, 0.3) is 0 Å². The van der Waals surface area contributed by atoms with Gasteiger partial charge in [0.1, 0.15) is 18.3 Å². The van der Waals surface area contributed by atoms with E-state index in [-0.39, 0.29) is 4.59 Å². The molecule has 24 heavy (non-hydrogen) atoms. The van der Waals surface area contributed by atoms with Crippen molar-refractivity contribution in [3.8, 4) is 5.75 Å². The van der Waals surface area contributed by atoms with Crippen molar-refractivity contribution < 1.29 is 4.74 Å². The van der Waals surface area contributed by atoms with Crippen molar-refractivity contribution in [3.63, 3.8) is 0 Å². The van der Waals surface area contributed by atoms with Crippen LogP contribution in [0.3, 0.4) is 0 Å². The Hall–Kier alpha value is -3.39. The molecule has 0 bridgehead atoms. The fourth-order valence-electron chi connectivity index (χ4n) is 2.48. The molecule has 0 aliphatic carbocycles. The van der Waals surface area contributed by atoms with E-state index >= 15 is 0 Å². The smallest absolute Gasteiger partial charge is 0.287 e. The predicted octanol–water partition coefficient (Wildman–Crippen LogP) is 2.14. The second kappa shape index (κ2) is 5.67. The summed E-state index contributed by atoms with van der Waals surface area (Å²) in [5.41, 5.74) is 1.65. The van der Waals surface area contributed by atoms with Crippen molar-refractivity contribution in [2.45, 2.75) is 0 Å². The van der Waals surface area contributed by atoms with Crippen molar-refractivity contribution >= 4 is 29.4 Å². The van der Waals surface area contributed by atoms with Crippen LogP contribution in [0.4, 0.5) is 11.4 Å². The molecular weight excluding hydrogens is 306 g/mol. The van der Waals surface area contributed by atoms with Crippen LogP contribution in [-0.4, -0.2) is 35.1 Å². The minimum Gasteiger partial charge on any atom is -0.497 e. The first-order valence-corrected chi connectivity index (χ1v) is 7.26. The van der Waals surface area contributed by atoms with Gasteiger partial charge in [-0.1, -0.05) is 4.59 Å². The maximum atomic E-state index is 5.16. The van der Waals surface area contributed by atoms with E-state index in [0.717, 1.165) is 17.1 Å². The topological polar surface area (TPSA) is 84.1 Å². The highest BCUT2D eigenvalue weighted by Crippen LogP contribution is 2.29. The zero-order chi connectivity index (χ0) is 16.4. The lowest BCUT2D eigenvalue weighted by molar-refractivity contribution is 0.415. The number of quaternary nitrogens is 1. The molecule has 118 valence electrons. The molecule has 1 N–H and O–H groups in total. The monoisotopic (exact) mass is 320 g/mol. The Morgan fingerprint density at radius 1 is 1.08 bits per heavy atom. The zero-order valence-electron chi connectivity index (χ0n) is 12.9. The molecule has 2 aromatic rings. The number of hydrogen-bond acceptors (Lipinski definition) is 7. The summed E-state index contributed by atoms with van der Waals surface area (Å²) in [7, 11) is 1.63. The lowest BCUT2D eigenvalue weighted by atomic mass is 10.3. The molecule has 0 amide bonds. The number of methoxy groups -OCH3 is 1. The number of benzene rings is 1. The summed E-state index contributed by atoms with van der Waals surface area (Å²) in [5, 5.41) is 7.90. The van der Waals surface area contributed by atoms with Gasteiger partial charge < -0.3 is 10.1 Å². The van der Waals surface area contributed by atoms with Crippen LogP contribution < -0.4 is 14.6 Å². The number of rotatable bonds is 3.